The molecule has 1 heterocycles. The highest BCUT2D eigenvalue weighted by atomic mass is 79.9. The third-order valence-electron chi connectivity index (χ3n) is 3.54. The van der Waals surface area contributed by atoms with Gasteiger partial charge < -0.3 is 0 Å². The van der Waals surface area contributed by atoms with Crippen molar-refractivity contribution in [3.63, 3.8) is 0 Å². The van der Waals surface area contributed by atoms with Gasteiger partial charge >= 0.3 is 0 Å². The summed E-state index contributed by atoms with van der Waals surface area (Å²) in [5, 5.41) is 0. The lowest BCUT2D eigenvalue weighted by Crippen LogP contribution is -2.14. The van der Waals surface area contributed by atoms with Gasteiger partial charge in [-0.25, -0.2) is 13.4 Å². The van der Waals surface area contributed by atoms with Crippen molar-refractivity contribution in [2.75, 3.05) is 10.5 Å². The van der Waals surface area contributed by atoms with E-state index < -0.39 is 10.0 Å². The number of nitrogens with zero attached hydrogens (tertiary/aromatic N) is 2. The van der Waals surface area contributed by atoms with Crippen molar-refractivity contribution in [3.8, 4) is 5.69 Å². The Morgan fingerprint density at radius 2 is 2.00 bits per heavy atom. The van der Waals surface area contributed by atoms with Crippen LogP contribution >= 0.6 is 15.9 Å². The molecule has 120 valence electrons. The monoisotopic (exact) mass is 393 g/mol. The summed E-state index contributed by atoms with van der Waals surface area (Å²) in [6, 6.07) is 13.2. The van der Waals surface area contributed by atoms with Gasteiger partial charge in [-0.2, -0.15) is 0 Å². The van der Waals surface area contributed by atoms with Crippen molar-refractivity contribution >= 4 is 42.7 Å². The molecule has 0 amide bonds. The van der Waals surface area contributed by atoms with Crippen LogP contribution in [-0.4, -0.2) is 23.7 Å². The molecule has 0 aliphatic rings. The first kappa shape index (κ1) is 16.0. The van der Waals surface area contributed by atoms with E-state index in [0.29, 0.717) is 5.69 Å². The molecule has 7 heteroatoms. The number of fused-ring (bicyclic) bond motifs is 1. The lowest BCUT2D eigenvalue weighted by Gasteiger charge is -2.11. The minimum atomic E-state index is -3.30. The van der Waals surface area contributed by atoms with Crippen molar-refractivity contribution in [2.45, 2.75) is 13.8 Å². The molecule has 0 bridgehead atoms. The average Bonchev–Trinajstić information content (AvgIpc) is 2.82. The molecule has 23 heavy (non-hydrogen) atoms. The fourth-order valence-electron chi connectivity index (χ4n) is 2.45. The zero-order chi connectivity index (χ0) is 16.6. The number of hydrogen-bond donors (Lipinski definition) is 1. The molecule has 0 spiro atoms. The quantitative estimate of drug-likeness (QED) is 0.731. The maximum absolute atomic E-state index is 11.8. The Morgan fingerprint density at radius 1 is 1.22 bits per heavy atom. The normalized spacial score (nSPS) is 11.8. The first-order valence-corrected chi connectivity index (χ1v) is 9.59. The molecule has 2 aromatic carbocycles. The van der Waals surface area contributed by atoms with E-state index in [1.807, 2.05) is 47.9 Å². The van der Waals surface area contributed by atoms with Gasteiger partial charge in [-0.1, -0.05) is 22.0 Å². The maximum Gasteiger partial charge on any atom is 0.232 e. The van der Waals surface area contributed by atoms with Crippen LogP contribution in [0.4, 0.5) is 5.69 Å². The van der Waals surface area contributed by atoms with Crippen LogP contribution < -0.4 is 4.72 Å². The molecule has 0 atom stereocenters. The van der Waals surface area contributed by atoms with E-state index in [1.165, 1.54) is 0 Å². The van der Waals surface area contributed by atoms with E-state index in [9.17, 15) is 8.42 Å². The number of sulfonamides is 1. The van der Waals surface area contributed by atoms with Crippen molar-refractivity contribution < 1.29 is 8.42 Å². The maximum atomic E-state index is 11.8. The second-order valence-corrected chi connectivity index (χ2v) is 8.11. The fourth-order valence-corrected chi connectivity index (χ4v) is 3.43. The van der Waals surface area contributed by atoms with Gasteiger partial charge in [0.1, 0.15) is 5.82 Å². The number of nitrogens with one attached hydrogen (secondary N) is 1. The summed E-state index contributed by atoms with van der Waals surface area (Å²) in [6.45, 7) is 3.54. The molecule has 0 unspecified atom stereocenters. The molecule has 3 rings (SSSR count). The van der Waals surface area contributed by atoms with Crippen molar-refractivity contribution in [1.82, 2.24) is 9.55 Å². The van der Waals surface area contributed by atoms with Crippen LogP contribution in [0.5, 0.6) is 0 Å². The third-order valence-corrected chi connectivity index (χ3v) is 5.34. The molecule has 0 fully saturated rings. The summed E-state index contributed by atoms with van der Waals surface area (Å²) in [4.78, 5) is 4.55. The smallest absolute Gasteiger partial charge is 0.232 e. The lowest BCUT2D eigenvalue weighted by atomic mass is 10.2. The average molecular weight is 394 g/mol. The molecule has 1 aromatic heterocycles. The lowest BCUT2D eigenvalue weighted by molar-refractivity contribution is 0.602. The third kappa shape index (κ3) is 3.25. The van der Waals surface area contributed by atoms with Crippen LogP contribution in [0, 0.1) is 6.92 Å². The van der Waals surface area contributed by atoms with Gasteiger partial charge in [0.2, 0.25) is 10.0 Å². The van der Waals surface area contributed by atoms with Crippen molar-refractivity contribution in [3.05, 3.63) is 52.8 Å². The van der Waals surface area contributed by atoms with E-state index in [-0.39, 0.29) is 5.75 Å². The summed E-state index contributed by atoms with van der Waals surface area (Å²) >= 11 is 3.48. The predicted octanol–water partition coefficient (Wildman–Crippen LogP) is 3.86. The number of hydrogen-bond acceptors (Lipinski definition) is 3. The molecule has 0 saturated carbocycles. The first-order valence-electron chi connectivity index (χ1n) is 7.15. The van der Waals surface area contributed by atoms with Crippen LogP contribution in [0.15, 0.2) is 46.9 Å². The Kier molecular flexibility index (Phi) is 4.16. The van der Waals surface area contributed by atoms with Gasteiger partial charge in [0.25, 0.3) is 0 Å². The number of aromatic nitrogens is 2. The molecule has 0 saturated heterocycles. The van der Waals surface area contributed by atoms with Crippen molar-refractivity contribution in [1.29, 1.82) is 0 Å². The van der Waals surface area contributed by atoms with Crippen LogP contribution in [-0.2, 0) is 10.0 Å². The van der Waals surface area contributed by atoms with Crippen LogP contribution in [0.3, 0.4) is 0 Å². The predicted molar refractivity (Wildman–Crippen MR) is 96.6 cm³/mol. The van der Waals surface area contributed by atoms with E-state index in [4.69, 9.17) is 0 Å². The van der Waals surface area contributed by atoms with Crippen LogP contribution in [0.2, 0.25) is 0 Å². The van der Waals surface area contributed by atoms with E-state index in [2.05, 4.69) is 25.6 Å². The zero-order valence-corrected chi connectivity index (χ0v) is 15.1. The number of aryl methyl sites for hydroxylation is 1. The summed E-state index contributed by atoms with van der Waals surface area (Å²) in [7, 11) is -3.30. The van der Waals surface area contributed by atoms with Gasteiger partial charge in [-0.05, 0) is 50.2 Å². The molecular weight excluding hydrogens is 378 g/mol. The molecule has 1 N–H and O–H groups in total. The minimum absolute atomic E-state index is 0.0389. The molecule has 0 aliphatic heterocycles. The highest BCUT2D eigenvalue weighted by molar-refractivity contribution is 9.10. The number of rotatable bonds is 4. The second kappa shape index (κ2) is 5.98. The topological polar surface area (TPSA) is 64.0 Å². The van der Waals surface area contributed by atoms with Gasteiger partial charge in [0.05, 0.1) is 22.5 Å². The Labute approximate surface area is 143 Å². The van der Waals surface area contributed by atoms with Gasteiger partial charge in [-0.15, -0.1) is 0 Å². The van der Waals surface area contributed by atoms with Crippen LogP contribution in [0.1, 0.15) is 12.7 Å². The zero-order valence-electron chi connectivity index (χ0n) is 12.7. The number of benzene rings is 2. The number of anilines is 1. The standard InChI is InChI=1S/C16H16BrN3O2S/c1-3-23(21,22)19-13-5-4-6-14(10-13)20-11(2)18-15-8-7-12(17)9-16(15)20/h4-10,19H,3H2,1-2H3. The molecular formula is C16H16BrN3O2S. The SMILES string of the molecule is CCS(=O)(=O)Nc1cccc(-n2c(C)nc3ccc(Br)cc32)c1. The Balaban J connectivity index is 2.13. The van der Waals surface area contributed by atoms with Gasteiger partial charge in [-0.3, -0.25) is 9.29 Å². The van der Waals surface area contributed by atoms with Crippen molar-refractivity contribution in [2.24, 2.45) is 0 Å². The number of halogens is 1. The fraction of sp³-hybridized carbons (Fsp3) is 0.188. The largest absolute Gasteiger partial charge is 0.296 e. The van der Waals surface area contributed by atoms with Crippen LogP contribution in [0.25, 0.3) is 16.7 Å². The summed E-state index contributed by atoms with van der Waals surface area (Å²) < 4.78 is 29.1. The minimum Gasteiger partial charge on any atom is -0.296 e. The van der Waals surface area contributed by atoms with E-state index in [0.717, 1.165) is 27.0 Å². The summed E-state index contributed by atoms with van der Waals surface area (Å²) in [5.74, 6) is 0.880. The molecule has 5 nitrogen and oxygen atoms in total. The molecule has 3 aromatic rings. The first-order chi connectivity index (χ1) is 10.9. The van der Waals surface area contributed by atoms with E-state index in [1.54, 1.807) is 13.0 Å². The summed E-state index contributed by atoms with van der Waals surface area (Å²) in [6.07, 6.45) is 0. The second-order valence-electron chi connectivity index (χ2n) is 5.18. The Morgan fingerprint density at radius 3 is 2.74 bits per heavy atom. The van der Waals surface area contributed by atoms with Gasteiger partial charge in [0, 0.05) is 10.2 Å². The molecule has 0 radical (unpaired) electrons. The summed E-state index contributed by atoms with van der Waals surface area (Å²) in [5.41, 5.74) is 3.26. The van der Waals surface area contributed by atoms with Gasteiger partial charge in [0.15, 0.2) is 0 Å². The Hall–Kier alpha value is -1.86. The van der Waals surface area contributed by atoms with E-state index >= 15 is 0 Å². The highest BCUT2D eigenvalue weighted by Gasteiger charge is 2.12. The highest BCUT2D eigenvalue weighted by Crippen LogP contribution is 2.26. The number of imidazole rings is 1. The molecule has 0 aliphatic carbocycles. The Bertz CT molecular complexity index is 980.